The van der Waals surface area contributed by atoms with E-state index in [1.54, 1.807) is 25.6 Å². The molecule has 154 valence electrons. The van der Waals surface area contributed by atoms with Gasteiger partial charge in [0, 0.05) is 48.1 Å². The molecule has 0 saturated carbocycles. The Kier molecular flexibility index (Phi) is 5.42. The Morgan fingerprint density at radius 1 is 1.30 bits per heavy atom. The molecular weight excluding hydrogens is 382 g/mol. The van der Waals surface area contributed by atoms with Gasteiger partial charge in [-0.25, -0.2) is 0 Å². The molecule has 3 aromatic heterocycles. The van der Waals surface area contributed by atoms with Crippen LogP contribution in [-0.4, -0.2) is 48.8 Å². The summed E-state index contributed by atoms with van der Waals surface area (Å²) in [6.07, 6.45) is 6.12. The van der Waals surface area contributed by atoms with Gasteiger partial charge in [0.2, 0.25) is 11.7 Å². The summed E-state index contributed by atoms with van der Waals surface area (Å²) in [5, 5.41) is 16.3. The molecule has 0 bridgehead atoms. The third-order valence-corrected chi connectivity index (χ3v) is 4.87. The third-order valence-electron chi connectivity index (χ3n) is 4.87. The number of carbonyl (C=O) groups excluding carboxylic acids is 1. The molecule has 0 aliphatic heterocycles. The van der Waals surface area contributed by atoms with Crippen molar-refractivity contribution >= 4 is 16.8 Å². The Hall–Kier alpha value is -3.75. The second kappa shape index (κ2) is 8.32. The number of hydrogen-bond acceptors (Lipinski definition) is 6. The number of aryl methyl sites for hydroxylation is 1. The number of ether oxygens (including phenoxy) is 1. The van der Waals surface area contributed by atoms with E-state index in [0.717, 1.165) is 27.8 Å². The Morgan fingerprint density at radius 2 is 2.17 bits per heavy atom. The maximum atomic E-state index is 12.5. The minimum atomic E-state index is -0.171. The van der Waals surface area contributed by atoms with Crippen molar-refractivity contribution in [1.82, 2.24) is 35.1 Å². The van der Waals surface area contributed by atoms with Gasteiger partial charge in [0.15, 0.2) is 0 Å². The second-order valence-electron chi connectivity index (χ2n) is 7.21. The van der Waals surface area contributed by atoms with Gasteiger partial charge in [-0.05, 0) is 54.5 Å². The smallest absolute Gasteiger partial charge is 0.243 e. The van der Waals surface area contributed by atoms with Crippen LogP contribution in [0.4, 0.5) is 0 Å². The lowest BCUT2D eigenvalue weighted by Crippen LogP contribution is -2.36. The van der Waals surface area contributed by atoms with Crippen molar-refractivity contribution in [3.63, 3.8) is 0 Å². The number of rotatable bonds is 7. The van der Waals surface area contributed by atoms with Crippen LogP contribution >= 0.6 is 0 Å². The molecule has 30 heavy (non-hydrogen) atoms. The van der Waals surface area contributed by atoms with Gasteiger partial charge >= 0.3 is 0 Å². The summed E-state index contributed by atoms with van der Waals surface area (Å²) in [5.41, 5.74) is 3.03. The van der Waals surface area contributed by atoms with Gasteiger partial charge in [0.1, 0.15) is 12.3 Å². The van der Waals surface area contributed by atoms with Gasteiger partial charge < -0.3 is 14.6 Å². The highest BCUT2D eigenvalue weighted by Crippen LogP contribution is 2.26. The van der Waals surface area contributed by atoms with Gasteiger partial charge in [0.05, 0.1) is 7.11 Å². The number of nitrogens with zero attached hydrogens (tertiary/aromatic N) is 6. The minimum Gasteiger partial charge on any atom is -0.497 e. The molecule has 3 heterocycles. The predicted molar refractivity (Wildman–Crippen MR) is 112 cm³/mol. The van der Waals surface area contributed by atoms with Crippen LogP contribution < -0.4 is 10.1 Å². The average Bonchev–Trinajstić information content (AvgIpc) is 3.33. The molecule has 0 fully saturated rings. The van der Waals surface area contributed by atoms with Crippen LogP contribution in [0.25, 0.3) is 22.3 Å². The van der Waals surface area contributed by atoms with Gasteiger partial charge in [0.25, 0.3) is 0 Å². The van der Waals surface area contributed by atoms with Crippen molar-refractivity contribution in [2.75, 3.05) is 7.11 Å². The van der Waals surface area contributed by atoms with Gasteiger partial charge in [-0.15, -0.1) is 10.2 Å². The van der Waals surface area contributed by atoms with Gasteiger partial charge in [-0.2, -0.15) is 4.80 Å². The van der Waals surface area contributed by atoms with Crippen molar-refractivity contribution in [3.8, 4) is 17.1 Å². The second-order valence-corrected chi connectivity index (χ2v) is 7.21. The van der Waals surface area contributed by atoms with E-state index < -0.39 is 0 Å². The lowest BCUT2D eigenvalue weighted by molar-refractivity contribution is -0.122. The predicted octanol–water partition coefficient (Wildman–Crippen LogP) is 1.98. The lowest BCUT2D eigenvalue weighted by Gasteiger charge is -2.13. The zero-order valence-electron chi connectivity index (χ0n) is 17.1. The summed E-state index contributed by atoms with van der Waals surface area (Å²) >= 11 is 0. The number of benzene rings is 1. The number of aromatic nitrogens is 6. The topological polar surface area (TPSA) is 99.8 Å². The quantitative estimate of drug-likeness (QED) is 0.505. The number of hydrogen-bond donors (Lipinski definition) is 1. The van der Waals surface area contributed by atoms with Crippen LogP contribution in [-0.2, 0) is 24.8 Å². The first-order valence-corrected chi connectivity index (χ1v) is 9.63. The summed E-state index contributed by atoms with van der Waals surface area (Å²) in [6, 6.07) is 9.59. The van der Waals surface area contributed by atoms with Crippen LogP contribution in [0.1, 0.15) is 12.5 Å². The zero-order valence-corrected chi connectivity index (χ0v) is 17.1. The van der Waals surface area contributed by atoms with E-state index in [0.29, 0.717) is 12.2 Å². The number of fused-ring (bicyclic) bond motifs is 1. The molecule has 1 atom stereocenters. The fourth-order valence-corrected chi connectivity index (χ4v) is 3.49. The lowest BCUT2D eigenvalue weighted by atomic mass is 10.1. The first-order valence-electron chi connectivity index (χ1n) is 9.63. The van der Waals surface area contributed by atoms with Crippen molar-refractivity contribution in [2.45, 2.75) is 25.9 Å². The molecule has 1 N–H and O–H groups in total. The van der Waals surface area contributed by atoms with Crippen molar-refractivity contribution in [1.29, 1.82) is 0 Å². The summed E-state index contributed by atoms with van der Waals surface area (Å²) in [4.78, 5) is 17.8. The van der Waals surface area contributed by atoms with E-state index in [1.165, 1.54) is 4.80 Å². The number of amides is 1. The molecule has 0 radical (unpaired) electrons. The van der Waals surface area contributed by atoms with Crippen LogP contribution in [0.5, 0.6) is 5.75 Å². The van der Waals surface area contributed by atoms with E-state index in [-0.39, 0.29) is 18.5 Å². The third kappa shape index (κ3) is 4.14. The molecule has 4 aromatic rings. The van der Waals surface area contributed by atoms with E-state index in [4.69, 9.17) is 4.74 Å². The number of methoxy groups -OCH3 is 1. The zero-order chi connectivity index (χ0) is 21.1. The first kappa shape index (κ1) is 19.6. The monoisotopic (exact) mass is 405 g/mol. The Morgan fingerprint density at radius 3 is 2.93 bits per heavy atom. The van der Waals surface area contributed by atoms with Crippen LogP contribution in [0, 0.1) is 0 Å². The van der Waals surface area contributed by atoms with Crippen LogP contribution in [0.15, 0.2) is 48.9 Å². The molecule has 1 aromatic carbocycles. The molecule has 9 nitrogen and oxygen atoms in total. The number of pyridine rings is 1. The van der Waals surface area contributed by atoms with E-state index in [1.807, 2.05) is 38.2 Å². The summed E-state index contributed by atoms with van der Waals surface area (Å²) < 4.78 is 7.43. The Balaban J connectivity index is 1.40. The number of nitrogens with one attached hydrogen (secondary N) is 1. The molecular formula is C21H23N7O2. The summed E-state index contributed by atoms with van der Waals surface area (Å²) in [6.45, 7) is 1.98. The van der Waals surface area contributed by atoms with E-state index >= 15 is 0 Å². The van der Waals surface area contributed by atoms with E-state index in [9.17, 15) is 4.79 Å². The highest BCUT2D eigenvalue weighted by Gasteiger charge is 2.15. The molecule has 0 aliphatic rings. The van der Waals surface area contributed by atoms with Crippen molar-refractivity contribution < 1.29 is 9.53 Å². The highest BCUT2D eigenvalue weighted by molar-refractivity contribution is 5.85. The first-order chi connectivity index (χ1) is 14.5. The SMILES string of the molecule is COc1ccc2c(c1)c(CC(C)NC(=O)Cn1nnc(-c3cccnc3)n1)cn2C. The molecule has 4 rings (SSSR count). The molecule has 1 unspecified atom stereocenters. The molecule has 1 amide bonds. The normalized spacial score (nSPS) is 12.1. The number of tetrazole rings is 1. The molecule has 9 heteroatoms. The molecule has 0 saturated heterocycles. The number of carbonyl (C=O) groups is 1. The standard InChI is InChI=1S/C21H23N7O2/c1-14(9-16-12-27(2)19-7-6-17(30-3)10-18(16)19)23-20(29)13-28-25-21(24-26-28)15-5-4-8-22-11-15/h4-8,10-12,14H,9,13H2,1-3H3,(H,23,29). The van der Waals surface area contributed by atoms with Crippen LogP contribution in [0.2, 0.25) is 0 Å². The van der Waals surface area contributed by atoms with E-state index in [2.05, 4.69) is 36.5 Å². The van der Waals surface area contributed by atoms with Gasteiger partial charge in [-0.1, -0.05) is 0 Å². The minimum absolute atomic E-state index is 0.000955. The maximum absolute atomic E-state index is 12.5. The highest BCUT2D eigenvalue weighted by atomic mass is 16.5. The molecule has 0 aliphatic carbocycles. The maximum Gasteiger partial charge on any atom is 0.243 e. The average molecular weight is 405 g/mol. The fourth-order valence-electron chi connectivity index (χ4n) is 3.49. The van der Waals surface area contributed by atoms with Crippen molar-refractivity contribution in [2.24, 2.45) is 7.05 Å². The summed E-state index contributed by atoms with van der Waals surface area (Å²) in [7, 11) is 3.67. The largest absolute Gasteiger partial charge is 0.497 e. The van der Waals surface area contributed by atoms with Gasteiger partial charge in [-0.3, -0.25) is 9.78 Å². The Labute approximate surface area is 173 Å². The fraction of sp³-hybridized carbons (Fsp3) is 0.286. The van der Waals surface area contributed by atoms with Crippen molar-refractivity contribution in [3.05, 3.63) is 54.5 Å². The van der Waals surface area contributed by atoms with Crippen LogP contribution in [0.3, 0.4) is 0 Å². The Bertz CT molecular complexity index is 1170. The molecule has 0 spiro atoms. The summed E-state index contributed by atoms with van der Waals surface area (Å²) in [5.74, 6) is 1.08.